The normalized spacial score (nSPS) is 10.4. The minimum atomic E-state index is 0.169. The van der Waals surface area contributed by atoms with Crippen molar-refractivity contribution < 1.29 is 9.84 Å². The molecule has 0 spiro atoms. The number of nitriles is 1. The van der Waals surface area contributed by atoms with Crippen molar-refractivity contribution in [1.82, 2.24) is 4.98 Å². The third kappa shape index (κ3) is 1.86. The number of aromatic nitrogens is 1. The highest BCUT2D eigenvalue weighted by Crippen LogP contribution is 2.32. The number of ether oxygens (including phenoxy) is 1. The molecule has 2 N–H and O–H groups in total. The summed E-state index contributed by atoms with van der Waals surface area (Å²) in [6.07, 6.45) is 0. The number of phenolic OH excluding ortho intramolecular Hbond substituents is 1. The number of fused-ring (bicyclic) bond motifs is 1. The van der Waals surface area contributed by atoms with Crippen molar-refractivity contribution in [2.45, 2.75) is 0 Å². The zero-order chi connectivity index (χ0) is 14.1. The van der Waals surface area contributed by atoms with Gasteiger partial charge in [0.05, 0.1) is 23.9 Å². The third-order valence-electron chi connectivity index (χ3n) is 3.25. The summed E-state index contributed by atoms with van der Waals surface area (Å²) >= 11 is 0. The highest BCUT2D eigenvalue weighted by molar-refractivity contribution is 5.94. The highest BCUT2D eigenvalue weighted by Gasteiger charge is 2.13. The number of nitrogens with one attached hydrogen (secondary N) is 1. The highest BCUT2D eigenvalue weighted by atomic mass is 16.5. The maximum Gasteiger partial charge on any atom is 0.120 e. The molecule has 0 atom stereocenters. The lowest BCUT2D eigenvalue weighted by Gasteiger charge is -1.99. The second-order valence-corrected chi connectivity index (χ2v) is 4.45. The fraction of sp³-hybridized carbons (Fsp3) is 0.0625. The second kappa shape index (κ2) is 4.63. The Hall–Kier alpha value is -2.93. The number of hydrogen-bond donors (Lipinski definition) is 2. The van der Waals surface area contributed by atoms with E-state index in [2.05, 4.69) is 11.1 Å². The number of aromatic amines is 1. The molecule has 1 aromatic heterocycles. The van der Waals surface area contributed by atoms with Crippen LogP contribution in [0.25, 0.3) is 22.2 Å². The predicted molar refractivity (Wildman–Crippen MR) is 76.7 cm³/mol. The van der Waals surface area contributed by atoms with Gasteiger partial charge in [0.1, 0.15) is 17.6 Å². The minimum absolute atomic E-state index is 0.169. The summed E-state index contributed by atoms with van der Waals surface area (Å²) in [5.74, 6) is 0.897. The van der Waals surface area contributed by atoms with Gasteiger partial charge in [-0.15, -0.1) is 0 Å². The molecule has 0 radical (unpaired) electrons. The van der Waals surface area contributed by atoms with Gasteiger partial charge in [0.15, 0.2) is 0 Å². The average molecular weight is 264 g/mol. The standard InChI is InChI=1S/C16H12N2O2/c1-20-12-5-6-13-14(9-17)16(18-15(13)8-12)10-3-2-4-11(19)7-10/h2-8,18-19H,1H3. The minimum Gasteiger partial charge on any atom is -0.508 e. The lowest BCUT2D eigenvalue weighted by Crippen LogP contribution is -1.81. The predicted octanol–water partition coefficient (Wildman–Crippen LogP) is 3.42. The number of phenols is 1. The first-order valence-corrected chi connectivity index (χ1v) is 6.12. The Kier molecular flexibility index (Phi) is 2.81. The van der Waals surface area contributed by atoms with Crippen LogP contribution < -0.4 is 4.74 Å². The van der Waals surface area contributed by atoms with Gasteiger partial charge in [-0.3, -0.25) is 0 Å². The van der Waals surface area contributed by atoms with Crippen molar-refractivity contribution in [3.63, 3.8) is 0 Å². The monoisotopic (exact) mass is 264 g/mol. The molecular formula is C16H12N2O2. The molecule has 2 aromatic carbocycles. The fourth-order valence-corrected chi connectivity index (χ4v) is 2.30. The van der Waals surface area contributed by atoms with Crippen LogP contribution in [0.5, 0.6) is 11.5 Å². The van der Waals surface area contributed by atoms with Gasteiger partial charge in [-0.05, 0) is 24.3 Å². The van der Waals surface area contributed by atoms with Crippen molar-refractivity contribution in [2.75, 3.05) is 7.11 Å². The molecule has 3 rings (SSSR count). The van der Waals surface area contributed by atoms with E-state index >= 15 is 0 Å². The Balaban J connectivity index is 2.28. The van der Waals surface area contributed by atoms with Crippen LogP contribution in [-0.4, -0.2) is 17.2 Å². The van der Waals surface area contributed by atoms with Gasteiger partial charge >= 0.3 is 0 Å². The lowest BCUT2D eigenvalue weighted by atomic mass is 10.1. The molecule has 0 saturated carbocycles. The van der Waals surface area contributed by atoms with E-state index in [1.165, 1.54) is 0 Å². The van der Waals surface area contributed by atoms with Gasteiger partial charge in [0, 0.05) is 17.0 Å². The first-order valence-electron chi connectivity index (χ1n) is 6.12. The first-order chi connectivity index (χ1) is 9.72. The number of nitrogens with zero attached hydrogens (tertiary/aromatic N) is 1. The number of methoxy groups -OCH3 is 1. The van der Waals surface area contributed by atoms with Gasteiger partial charge in [-0.1, -0.05) is 12.1 Å². The van der Waals surface area contributed by atoms with Crippen LogP contribution in [0.4, 0.5) is 0 Å². The van der Waals surface area contributed by atoms with E-state index in [1.807, 2.05) is 24.3 Å². The average Bonchev–Trinajstić information content (AvgIpc) is 2.84. The number of aromatic hydroxyl groups is 1. The van der Waals surface area contributed by atoms with Crippen LogP contribution >= 0.6 is 0 Å². The van der Waals surface area contributed by atoms with E-state index in [9.17, 15) is 10.4 Å². The molecule has 0 bridgehead atoms. The number of benzene rings is 2. The van der Waals surface area contributed by atoms with Crippen LogP contribution in [-0.2, 0) is 0 Å². The van der Waals surface area contributed by atoms with Crippen molar-refractivity contribution in [2.24, 2.45) is 0 Å². The molecule has 3 aromatic rings. The van der Waals surface area contributed by atoms with Crippen LogP contribution in [0.2, 0.25) is 0 Å². The van der Waals surface area contributed by atoms with Crippen molar-refractivity contribution >= 4 is 10.9 Å². The summed E-state index contributed by atoms with van der Waals surface area (Å²) in [7, 11) is 1.60. The molecule has 98 valence electrons. The van der Waals surface area contributed by atoms with E-state index in [0.717, 1.165) is 22.2 Å². The van der Waals surface area contributed by atoms with Crippen molar-refractivity contribution in [1.29, 1.82) is 5.26 Å². The lowest BCUT2D eigenvalue weighted by molar-refractivity contribution is 0.415. The molecule has 0 unspecified atom stereocenters. The zero-order valence-electron chi connectivity index (χ0n) is 10.8. The quantitative estimate of drug-likeness (QED) is 0.745. The van der Waals surface area contributed by atoms with Gasteiger partial charge < -0.3 is 14.8 Å². The molecular weight excluding hydrogens is 252 g/mol. The molecule has 0 aliphatic carbocycles. The Morgan fingerprint density at radius 1 is 1.20 bits per heavy atom. The molecule has 1 heterocycles. The summed E-state index contributed by atoms with van der Waals surface area (Å²) in [5, 5.41) is 19.8. The van der Waals surface area contributed by atoms with Gasteiger partial charge in [0.2, 0.25) is 0 Å². The van der Waals surface area contributed by atoms with Crippen molar-refractivity contribution in [3.8, 4) is 28.8 Å². The fourth-order valence-electron chi connectivity index (χ4n) is 2.30. The van der Waals surface area contributed by atoms with Gasteiger partial charge in [-0.2, -0.15) is 5.26 Å². The maximum absolute atomic E-state index is 9.58. The van der Waals surface area contributed by atoms with Crippen LogP contribution in [0.1, 0.15) is 5.56 Å². The van der Waals surface area contributed by atoms with Crippen molar-refractivity contribution in [3.05, 3.63) is 48.0 Å². The molecule has 0 amide bonds. The summed E-state index contributed by atoms with van der Waals surface area (Å²) in [4.78, 5) is 3.22. The molecule has 0 saturated heterocycles. The summed E-state index contributed by atoms with van der Waals surface area (Å²) in [6, 6.07) is 14.6. The summed E-state index contributed by atoms with van der Waals surface area (Å²) in [6.45, 7) is 0. The van der Waals surface area contributed by atoms with Crippen LogP contribution in [0, 0.1) is 11.3 Å². The van der Waals surface area contributed by atoms with Crippen LogP contribution in [0.3, 0.4) is 0 Å². The molecule has 0 aliphatic heterocycles. The summed E-state index contributed by atoms with van der Waals surface area (Å²) in [5.41, 5.74) is 2.87. The van der Waals surface area contributed by atoms with E-state index < -0.39 is 0 Å². The largest absolute Gasteiger partial charge is 0.508 e. The van der Waals surface area contributed by atoms with Crippen LogP contribution in [0.15, 0.2) is 42.5 Å². The smallest absolute Gasteiger partial charge is 0.120 e. The number of rotatable bonds is 2. The Bertz CT molecular complexity index is 828. The van der Waals surface area contributed by atoms with Gasteiger partial charge in [-0.25, -0.2) is 0 Å². The van der Waals surface area contributed by atoms with E-state index in [1.54, 1.807) is 25.3 Å². The second-order valence-electron chi connectivity index (χ2n) is 4.45. The molecule has 4 nitrogen and oxygen atoms in total. The van der Waals surface area contributed by atoms with Gasteiger partial charge in [0.25, 0.3) is 0 Å². The van der Waals surface area contributed by atoms with E-state index in [4.69, 9.17) is 4.74 Å². The van der Waals surface area contributed by atoms with E-state index in [0.29, 0.717) is 11.3 Å². The maximum atomic E-state index is 9.58. The topological polar surface area (TPSA) is 69.0 Å². The molecule has 0 aliphatic rings. The Labute approximate surface area is 115 Å². The van der Waals surface area contributed by atoms with E-state index in [-0.39, 0.29) is 5.75 Å². The molecule has 20 heavy (non-hydrogen) atoms. The molecule has 4 heteroatoms. The SMILES string of the molecule is COc1ccc2c(C#N)c(-c3cccc(O)c3)[nH]c2c1. The first kappa shape index (κ1) is 12.1. The Morgan fingerprint density at radius 2 is 2.05 bits per heavy atom. The summed E-state index contributed by atoms with van der Waals surface area (Å²) < 4.78 is 5.19. The zero-order valence-corrected chi connectivity index (χ0v) is 10.8. The number of hydrogen-bond acceptors (Lipinski definition) is 3. The Morgan fingerprint density at radius 3 is 2.75 bits per heavy atom. The number of H-pyrrole nitrogens is 1. The molecule has 0 fully saturated rings. The third-order valence-corrected chi connectivity index (χ3v) is 3.25.